The second kappa shape index (κ2) is 5.96. The molecule has 1 aromatic carbocycles. The van der Waals surface area contributed by atoms with Crippen molar-refractivity contribution in [2.24, 2.45) is 5.41 Å². The van der Waals surface area contributed by atoms with E-state index in [0.29, 0.717) is 10.4 Å². The summed E-state index contributed by atoms with van der Waals surface area (Å²) in [6.07, 6.45) is 8.68. The largest absolute Gasteiger partial charge is 0.339 e. The molecule has 3 rings (SSSR count). The standard InChI is InChI=1S/C17H21ClFNO/c18-13-4-5-15(19)14(12-13)16(21)20-10-8-17(9-11-20)6-2-1-3-7-17/h4-5,12H,1-3,6-11H2. The van der Waals surface area contributed by atoms with Gasteiger partial charge in [0, 0.05) is 18.1 Å². The Hall–Kier alpha value is -1.09. The minimum absolute atomic E-state index is 0.0992. The number of amides is 1. The molecule has 0 radical (unpaired) electrons. The lowest BCUT2D eigenvalue weighted by Crippen LogP contribution is -2.44. The fourth-order valence-electron chi connectivity index (χ4n) is 3.82. The van der Waals surface area contributed by atoms with Gasteiger partial charge >= 0.3 is 0 Å². The number of piperidine rings is 1. The van der Waals surface area contributed by atoms with Gasteiger partial charge in [0.1, 0.15) is 5.82 Å². The summed E-state index contributed by atoms with van der Waals surface area (Å²) in [5, 5.41) is 0.403. The monoisotopic (exact) mass is 309 g/mol. The highest BCUT2D eigenvalue weighted by Crippen LogP contribution is 2.44. The zero-order valence-electron chi connectivity index (χ0n) is 12.2. The Morgan fingerprint density at radius 3 is 2.43 bits per heavy atom. The van der Waals surface area contributed by atoms with E-state index in [2.05, 4.69) is 0 Å². The van der Waals surface area contributed by atoms with E-state index >= 15 is 0 Å². The van der Waals surface area contributed by atoms with Crippen molar-refractivity contribution in [3.8, 4) is 0 Å². The van der Waals surface area contributed by atoms with Crippen molar-refractivity contribution in [2.45, 2.75) is 44.9 Å². The number of carbonyl (C=O) groups excluding carboxylic acids is 1. The van der Waals surface area contributed by atoms with Crippen LogP contribution < -0.4 is 0 Å². The number of hydrogen-bond donors (Lipinski definition) is 0. The van der Waals surface area contributed by atoms with Crippen molar-refractivity contribution in [3.05, 3.63) is 34.6 Å². The molecule has 4 heteroatoms. The van der Waals surface area contributed by atoms with Crippen molar-refractivity contribution in [2.75, 3.05) is 13.1 Å². The predicted molar refractivity (Wildman–Crippen MR) is 82.1 cm³/mol. The van der Waals surface area contributed by atoms with Gasteiger partial charge < -0.3 is 4.90 Å². The van der Waals surface area contributed by atoms with Crippen molar-refractivity contribution in [3.63, 3.8) is 0 Å². The Labute approximate surface area is 130 Å². The highest BCUT2D eigenvalue weighted by atomic mass is 35.5. The molecular weight excluding hydrogens is 289 g/mol. The molecule has 1 aliphatic heterocycles. The van der Waals surface area contributed by atoms with E-state index in [4.69, 9.17) is 11.6 Å². The molecule has 1 spiro atoms. The Morgan fingerprint density at radius 2 is 1.76 bits per heavy atom. The number of hydrogen-bond acceptors (Lipinski definition) is 1. The molecule has 2 fully saturated rings. The van der Waals surface area contributed by atoms with E-state index in [0.717, 1.165) is 25.9 Å². The van der Waals surface area contributed by atoms with Crippen LogP contribution in [0.25, 0.3) is 0 Å². The van der Waals surface area contributed by atoms with Gasteiger partial charge in [-0.3, -0.25) is 4.79 Å². The Kier molecular flexibility index (Phi) is 4.21. The van der Waals surface area contributed by atoms with Crippen LogP contribution in [0.15, 0.2) is 18.2 Å². The summed E-state index contributed by atoms with van der Waals surface area (Å²) in [6, 6.07) is 4.17. The van der Waals surface area contributed by atoms with Crippen LogP contribution in [0, 0.1) is 11.2 Å². The van der Waals surface area contributed by atoms with Crippen LogP contribution in [0.3, 0.4) is 0 Å². The Balaban J connectivity index is 1.69. The van der Waals surface area contributed by atoms with Gasteiger partial charge in [-0.15, -0.1) is 0 Å². The van der Waals surface area contributed by atoms with Gasteiger partial charge in [0.15, 0.2) is 0 Å². The average Bonchev–Trinajstić information content (AvgIpc) is 2.51. The molecule has 0 N–H and O–H groups in total. The third-order valence-corrected chi connectivity index (χ3v) is 5.42. The number of rotatable bonds is 1. The second-order valence-corrected chi connectivity index (χ2v) is 6.91. The lowest BCUT2D eigenvalue weighted by molar-refractivity contribution is 0.0468. The average molecular weight is 310 g/mol. The van der Waals surface area contributed by atoms with Gasteiger partial charge in [0.25, 0.3) is 5.91 Å². The summed E-state index contributed by atoms with van der Waals surface area (Å²) in [5.41, 5.74) is 0.545. The van der Waals surface area contributed by atoms with E-state index in [1.807, 2.05) is 0 Å². The molecule has 1 heterocycles. The summed E-state index contributed by atoms with van der Waals surface area (Å²) in [4.78, 5) is 14.3. The number of nitrogens with zero attached hydrogens (tertiary/aromatic N) is 1. The first-order valence-corrected chi connectivity index (χ1v) is 8.22. The first-order valence-electron chi connectivity index (χ1n) is 7.84. The van der Waals surface area contributed by atoms with Crippen LogP contribution in [-0.2, 0) is 0 Å². The molecule has 0 unspecified atom stereocenters. The molecule has 1 aliphatic carbocycles. The van der Waals surface area contributed by atoms with Crippen LogP contribution in [0.4, 0.5) is 4.39 Å². The van der Waals surface area contributed by atoms with Gasteiger partial charge in [0.2, 0.25) is 0 Å². The van der Waals surface area contributed by atoms with Crippen molar-refractivity contribution in [1.29, 1.82) is 0 Å². The maximum absolute atomic E-state index is 13.8. The summed E-state index contributed by atoms with van der Waals surface area (Å²) >= 11 is 5.88. The molecule has 1 saturated heterocycles. The molecule has 0 aromatic heterocycles. The van der Waals surface area contributed by atoms with Crippen LogP contribution in [-0.4, -0.2) is 23.9 Å². The number of carbonyl (C=O) groups is 1. The minimum Gasteiger partial charge on any atom is -0.339 e. The van der Waals surface area contributed by atoms with Crippen molar-refractivity contribution >= 4 is 17.5 Å². The second-order valence-electron chi connectivity index (χ2n) is 6.48. The molecule has 114 valence electrons. The minimum atomic E-state index is -0.484. The maximum Gasteiger partial charge on any atom is 0.256 e. The van der Waals surface area contributed by atoms with Crippen LogP contribution in [0.5, 0.6) is 0 Å². The van der Waals surface area contributed by atoms with Crippen molar-refractivity contribution < 1.29 is 9.18 Å². The fourth-order valence-corrected chi connectivity index (χ4v) is 3.99. The van der Waals surface area contributed by atoms with Crippen LogP contribution in [0.1, 0.15) is 55.3 Å². The van der Waals surface area contributed by atoms with Gasteiger partial charge in [-0.1, -0.05) is 30.9 Å². The molecule has 1 amide bonds. The number of likely N-dealkylation sites (tertiary alicyclic amines) is 1. The zero-order chi connectivity index (χ0) is 14.9. The highest BCUT2D eigenvalue weighted by molar-refractivity contribution is 6.31. The molecule has 0 bridgehead atoms. The summed E-state index contributed by atoms with van der Waals surface area (Å²) < 4.78 is 13.8. The predicted octanol–water partition coefficient (Wildman–Crippen LogP) is 4.67. The van der Waals surface area contributed by atoms with Gasteiger partial charge in [-0.25, -0.2) is 4.39 Å². The Bertz CT molecular complexity index is 530. The fraction of sp³-hybridized carbons (Fsp3) is 0.588. The molecule has 1 saturated carbocycles. The van der Waals surface area contributed by atoms with Gasteiger partial charge in [0.05, 0.1) is 5.56 Å². The lowest BCUT2D eigenvalue weighted by atomic mass is 9.68. The lowest BCUT2D eigenvalue weighted by Gasteiger charge is -2.44. The van der Waals surface area contributed by atoms with Gasteiger partial charge in [-0.2, -0.15) is 0 Å². The highest BCUT2D eigenvalue weighted by Gasteiger charge is 2.37. The molecule has 1 aromatic rings. The third kappa shape index (κ3) is 3.08. The van der Waals surface area contributed by atoms with Crippen LogP contribution in [0.2, 0.25) is 5.02 Å². The van der Waals surface area contributed by atoms with Gasteiger partial charge in [-0.05, 0) is 49.3 Å². The smallest absolute Gasteiger partial charge is 0.256 e. The third-order valence-electron chi connectivity index (χ3n) is 5.18. The summed E-state index contributed by atoms with van der Waals surface area (Å²) in [7, 11) is 0. The van der Waals surface area contributed by atoms with E-state index < -0.39 is 5.82 Å². The Morgan fingerprint density at radius 1 is 1.10 bits per heavy atom. The number of halogens is 2. The first-order chi connectivity index (χ1) is 10.1. The van der Waals surface area contributed by atoms with E-state index in [1.54, 1.807) is 4.90 Å². The van der Waals surface area contributed by atoms with E-state index in [1.165, 1.54) is 50.3 Å². The van der Waals surface area contributed by atoms with E-state index in [9.17, 15) is 9.18 Å². The first kappa shape index (κ1) is 14.8. The SMILES string of the molecule is O=C(c1cc(Cl)ccc1F)N1CCC2(CCCCC2)CC1. The van der Waals surface area contributed by atoms with Crippen LogP contribution >= 0.6 is 11.6 Å². The zero-order valence-corrected chi connectivity index (χ0v) is 13.0. The topological polar surface area (TPSA) is 20.3 Å². The molecular formula is C17H21ClFNO. The van der Waals surface area contributed by atoms with E-state index in [-0.39, 0.29) is 11.5 Å². The summed E-state index contributed by atoms with van der Waals surface area (Å²) in [5.74, 6) is -0.706. The summed E-state index contributed by atoms with van der Waals surface area (Å²) in [6.45, 7) is 1.48. The van der Waals surface area contributed by atoms with Crippen molar-refractivity contribution in [1.82, 2.24) is 4.90 Å². The molecule has 21 heavy (non-hydrogen) atoms. The number of benzene rings is 1. The maximum atomic E-state index is 13.8. The quantitative estimate of drug-likeness (QED) is 0.738. The molecule has 2 aliphatic rings. The molecule has 0 atom stereocenters. The normalized spacial score (nSPS) is 21.5. The molecule has 2 nitrogen and oxygen atoms in total.